The molecule has 5 heteroatoms. The first-order valence-electron chi connectivity index (χ1n) is 7.20. The standard InChI is InChI=1S/C16H19NO3S/c1-10-7-12(10)14-5-4-11(20-14)9-17-13(8-16(18)19)15-3-2-6-21-15/h2-6,10,12-13,17H,7-9H2,1H3,(H,18,19). The summed E-state index contributed by atoms with van der Waals surface area (Å²) in [7, 11) is 0. The fourth-order valence-electron chi connectivity index (χ4n) is 2.57. The van der Waals surface area contributed by atoms with E-state index in [0.29, 0.717) is 12.5 Å². The highest BCUT2D eigenvalue weighted by Crippen LogP contribution is 2.47. The number of aliphatic carboxylic acids is 1. The Bertz CT molecular complexity index is 605. The molecule has 0 aliphatic heterocycles. The second kappa shape index (κ2) is 6.03. The molecule has 0 bridgehead atoms. The molecule has 3 atom stereocenters. The van der Waals surface area contributed by atoms with E-state index in [4.69, 9.17) is 9.52 Å². The van der Waals surface area contributed by atoms with Gasteiger partial charge in [-0.2, -0.15) is 0 Å². The van der Waals surface area contributed by atoms with Gasteiger partial charge in [0, 0.05) is 10.8 Å². The molecule has 0 radical (unpaired) electrons. The van der Waals surface area contributed by atoms with Crippen molar-refractivity contribution in [2.75, 3.05) is 0 Å². The predicted octanol–water partition coefficient (Wildman–Crippen LogP) is 3.77. The highest BCUT2D eigenvalue weighted by molar-refractivity contribution is 7.10. The molecule has 2 aromatic heterocycles. The molecule has 4 nitrogen and oxygen atoms in total. The van der Waals surface area contributed by atoms with E-state index in [2.05, 4.69) is 12.2 Å². The van der Waals surface area contributed by atoms with Gasteiger partial charge in [-0.1, -0.05) is 13.0 Å². The first-order chi connectivity index (χ1) is 10.1. The second-order valence-electron chi connectivity index (χ2n) is 5.67. The Balaban J connectivity index is 1.61. The number of carbonyl (C=O) groups is 1. The minimum absolute atomic E-state index is 0.0771. The third-order valence-corrected chi connectivity index (χ3v) is 4.93. The van der Waals surface area contributed by atoms with Crippen LogP contribution < -0.4 is 5.32 Å². The monoisotopic (exact) mass is 305 g/mol. The number of carboxylic acid groups (broad SMARTS) is 1. The molecule has 0 spiro atoms. The lowest BCUT2D eigenvalue weighted by Crippen LogP contribution is -2.22. The van der Waals surface area contributed by atoms with Crippen LogP contribution in [0.25, 0.3) is 0 Å². The Labute approximate surface area is 127 Å². The molecule has 1 aliphatic carbocycles. The number of thiophene rings is 1. The Morgan fingerprint density at radius 1 is 1.52 bits per heavy atom. The van der Waals surface area contributed by atoms with Crippen molar-refractivity contribution < 1.29 is 14.3 Å². The lowest BCUT2D eigenvalue weighted by molar-refractivity contribution is -0.137. The van der Waals surface area contributed by atoms with Crippen molar-refractivity contribution in [3.8, 4) is 0 Å². The van der Waals surface area contributed by atoms with Crippen molar-refractivity contribution in [1.82, 2.24) is 5.32 Å². The lowest BCUT2D eigenvalue weighted by atomic mass is 10.1. The summed E-state index contributed by atoms with van der Waals surface area (Å²) in [5, 5.41) is 14.3. The van der Waals surface area contributed by atoms with Gasteiger partial charge in [0.1, 0.15) is 11.5 Å². The first-order valence-corrected chi connectivity index (χ1v) is 8.08. The van der Waals surface area contributed by atoms with Gasteiger partial charge in [0.25, 0.3) is 0 Å². The zero-order chi connectivity index (χ0) is 14.8. The van der Waals surface area contributed by atoms with Crippen LogP contribution in [0.15, 0.2) is 34.1 Å². The van der Waals surface area contributed by atoms with E-state index in [1.54, 1.807) is 11.3 Å². The van der Waals surface area contributed by atoms with Gasteiger partial charge in [0.05, 0.1) is 19.0 Å². The van der Waals surface area contributed by atoms with Crippen molar-refractivity contribution in [3.63, 3.8) is 0 Å². The van der Waals surface area contributed by atoms with Crippen molar-refractivity contribution in [2.24, 2.45) is 5.92 Å². The zero-order valence-corrected chi connectivity index (χ0v) is 12.7. The van der Waals surface area contributed by atoms with Gasteiger partial charge in [0.2, 0.25) is 0 Å². The largest absolute Gasteiger partial charge is 0.481 e. The predicted molar refractivity (Wildman–Crippen MR) is 81.4 cm³/mol. The zero-order valence-electron chi connectivity index (χ0n) is 11.9. The molecule has 3 unspecified atom stereocenters. The maximum absolute atomic E-state index is 11.0. The van der Waals surface area contributed by atoms with E-state index in [9.17, 15) is 4.79 Å². The van der Waals surface area contributed by atoms with Gasteiger partial charge in [-0.15, -0.1) is 11.3 Å². The third-order valence-electron chi connectivity index (χ3n) is 3.95. The number of rotatable bonds is 7. The van der Waals surface area contributed by atoms with Gasteiger partial charge < -0.3 is 14.8 Å². The highest BCUT2D eigenvalue weighted by atomic mass is 32.1. The summed E-state index contributed by atoms with van der Waals surface area (Å²) < 4.78 is 5.84. The van der Waals surface area contributed by atoms with Gasteiger partial charge in [-0.25, -0.2) is 0 Å². The average Bonchev–Trinajstić information content (AvgIpc) is 2.91. The van der Waals surface area contributed by atoms with Crippen molar-refractivity contribution in [2.45, 2.75) is 38.3 Å². The topological polar surface area (TPSA) is 62.5 Å². The van der Waals surface area contributed by atoms with Crippen LogP contribution in [0.5, 0.6) is 0 Å². The molecular formula is C16H19NO3S. The highest BCUT2D eigenvalue weighted by Gasteiger charge is 2.36. The SMILES string of the molecule is CC1CC1c1ccc(CNC(CC(=O)O)c2cccs2)o1. The molecular weight excluding hydrogens is 286 g/mol. The van der Waals surface area contributed by atoms with Crippen LogP contribution in [-0.4, -0.2) is 11.1 Å². The van der Waals surface area contributed by atoms with Crippen molar-refractivity contribution in [1.29, 1.82) is 0 Å². The van der Waals surface area contributed by atoms with Gasteiger partial charge in [-0.05, 0) is 35.9 Å². The number of nitrogens with one attached hydrogen (secondary N) is 1. The molecule has 2 aromatic rings. The van der Waals surface area contributed by atoms with E-state index in [0.717, 1.165) is 22.3 Å². The van der Waals surface area contributed by atoms with Crippen LogP contribution in [-0.2, 0) is 11.3 Å². The Morgan fingerprint density at radius 2 is 2.33 bits per heavy atom. The van der Waals surface area contributed by atoms with Crippen LogP contribution in [0.1, 0.15) is 48.1 Å². The quantitative estimate of drug-likeness (QED) is 0.817. The van der Waals surface area contributed by atoms with Gasteiger partial charge in [0.15, 0.2) is 0 Å². The van der Waals surface area contributed by atoms with E-state index in [1.165, 1.54) is 6.42 Å². The van der Waals surface area contributed by atoms with Crippen LogP contribution in [0.4, 0.5) is 0 Å². The minimum Gasteiger partial charge on any atom is -0.481 e. The Hall–Kier alpha value is -1.59. The molecule has 1 aliphatic rings. The van der Waals surface area contributed by atoms with E-state index in [1.807, 2.05) is 29.6 Å². The molecule has 3 rings (SSSR count). The molecule has 0 aromatic carbocycles. The molecule has 0 amide bonds. The minimum atomic E-state index is -0.798. The van der Waals surface area contributed by atoms with E-state index in [-0.39, 0.29) is 12.5 Å². The van der Waals surface area contributed by atoms with E-state index >= 15 is 0 Å². The smallest absolute Gasteiger partial charge is 0.305 e. The average molecular weight is 305 g/mol. The summed E-state index contributed by atoms with van der Waals surface area (Å²) in [5.41, 5.74) is 0. The van der Waals surface area contributed by atoms with E-state index < -0.39 is 5.97 Å². The number of furan rings is 1. The normalized spacial score (nSPS) is 22.1. The fraction of sp³-hybridized carbons (Fsp3) is 0.438. The summed E-state index contributed by atoms with van der Waals surface area (Å²) >= 11 is 1.57. The van der Waals surface area contributed by atoms with Crippen LogP contribution in [0.2, 0.25) is 0 Å². The maximum Gasteiger partial charge on any atom is 0.305 e. The second-order valence-corrected chi connectivity index (χ2v) is 6.65. The summed E-state index contributed by atoms with van der Waals surface area (Å²) in [5.74, 6) is 2.43. The number of hydrogen-bond donors (Lipinski definition) is 2. The van der Waals surface area contributed by atoms with Crippen molar-refractivity contribution in [3.05, 3.63) is 46.0 Å². The maximum atomic E-state index is 11.0. The van der Waals surface area contributed by atoms with Crippen molar-refractivity contribution >= 4 is 17.3 Å². The molecule has 0 saturated heterocycles. The summed E-state index contributed by atoms with van der Waals surface area (Å²) in [6, 6.07) is 7.76. The summed E-state index contributed by atoms with van der Waals surface area (Å²) in [6.07, 6.45) is 1.28. The fourth-order valence-corrected chi connectivity index (χ4v) is 3.37. The molecule has 1 saturated carbocycles. The lowest BCUT2D eigenvalue weighted by Gasteiger charge is -2.14. The molecule has 2 heterocycles. The molecule has 2 N–H and O–H groups in total. The Morgan fingerprint density at radius 3 is 2.95 bits per heavy atom. The molecule has 1 fully saturated rings. The summed E-state index contributed by atoms with van der Waals surface area (Å²) in [4.78, 5) is 12.0. The number of hydrogen-bond acceptors (Lipinski definition) is 4. The van der Waals surface area contributed by atoms with Gasteiger partial charge >= 0.3 is 5.97 Å². The number of carboxylic acids is 1. The first kappa shape index (κ1) is 14.4. The Kier molecular flexibility index (Phi) is 4.12. The molecule has 112 valence electrons. The van der Waals surface area contributed by atoms with Crippen LogP contribution in [0.3, 0.4) is 0 Å². The van der Waals surface area contributed by atoms with Crippen LogP contribution in [0, 0.1) is 5.92 Å². The van der Waals surface area contributed by atoms with Crippen LogP contribution >= 0.6 is 11.3 Å². The summed E-state index contributed by atoms with van der Waals surface area (Å²) in [6.45, 7) is 2.78. The van der Waals surface area contributed by atoms with Gasteiger partial charge in [-0.3, -0.25) is 4.79 Å². The third kappa shape index (κ3) is 3.54. The molecule has 21 heavy (non-hydrogen) atoms.